The minimum atomic E-state index is -4.41. The molecule has 1 aliphatic carbocycles. The normalized spacial score (nSPS) is 18.5. The molecule has 0 radical (unpaired) electrons. The molecule has 0 spiro atoms. The van der Waals surface area contributed by atoms with Crippen LogP contribution in [0.25, 0.3) is 0 Å². The summed E-state index contributed by atoms with van der Waals surface area (Å²) in [7, 11) is 0. The minimum Gasteiger partial charge on any atom is -0.398 e. The molecule has 1 saturated carbocycles. The number of hydrogen-bond acceptors (Lipinski definition) is 2. The van der Waals surface area contributed by atoms with Gasteiger partial charge in [-0.2, -0.15) is 13.2 Å². The molecule has 1 aliphatic rings. The lowest BCUT2D eigenvalue weighted by Crippen LogP contribution is -2.30. The molecule has 0 saturated heterocycles. The van der Waals surface area contributed by atoms with Crippen LogP contribution >= 0.6 is 0 Å². The molecule has 1 fully saturated rings. The summed E-state index contributed by atoms with van der Waals surface area (Å²) in [5, 5.41) is 3.28. The Morgan fingerprint density at radius 1 is 1.24 bits per heavy atom. The quantitative estimate of drug-likeness (QED) is 0.763. The summed E-state index contributed by atoms with van der Waals surface area (Å²) in [5.74, 6) is 0.552. The standard InChI is InChI=1S/C16H23F3N2/c1-2-15(11-6-4-3-5-7-11)21-12-8-9-14(20)13(10-12)16(17,18)19/h8-11,15,21H,2-7,20H2,1H3. The molecule has 1 aromatic rings. The number of nitrogens with two attached hydrogens (primary N) is 1. The molecular weight excluding hydrogens is 277 g/mol. The van der Waals surface area contributed by atoms with Crippen LogP contribution in [-0.2, 0) is 6.18 Å². The van der Waals surface area contributed by atoms with Crippen LogP contribution in [0.5, 0.6) is 0 Å². The Morgan fingerprint density at radius 2 is 1.90 bits per heavy atom. The third kappa shape index (κ3) is 4.05. The summed E-state index contributed by atoms with van der Waals surface area (Å²) >= 11 is 0. The highest BCUT2D eigenvalue weighted by atomic mass is 19.4. The summed E-state index contributed by atoms with van der Waals surface area (Å²) < 4.78 is 38.7. The van der Waals surface area contributed by atoms with Gasteiger partial charge in [-0.15, -0.1) is 0 Å². The van der Waals surface area contributed by atoms with Gasteiger partial charge in [0, 0.05) is 17.4 Å². The van der Waals surface area contributed by atoms with Crippen LogP contribution in [0.15, 0.2) is 18.2 Å². The van der Waals surface area contributed by atoms with Crippen LogP contribution in [0.2, 0.25) is 0 Å². The lowest BCUT2D eigenvalue weighted by atomic mass is 9.83. The van der Waals surface area contributed by atoms with Crippen molar-refractivity contribution in [1.29, 1.82) is 0 Å². The zero-order valence-corrected chi connectivity index (χ0v) is 12.3. The third-order valence-corrected chi connectivity index (χ3v) is 4.37. The summed E-state index contributed by atoms with van der Waals surface area (Å²) in [6, 6.07) is 4.32. The molecule has 118 valence electrons. The first-order valence-electron chi connectivity index (χ1n) is 7.65. The molecule has 5 heteroatoms. The van der Waals surface area contributed by atoms with Gasteiger partial charge >= 0.3 is 6.18 Å². The van der Waals surface area contributed by atoms with Gasteiger partial charge in [-0.05, 0) is 43.4 Å². The maximum Gasteiger partial charge on any atom is 0.418 e. The van der Waals surface area contributed by atoms with E-state index in [1.54, 1.807) is 6.07 Å². The van der Waals surface area contributed by atoms with E-state index < -0.39 is 11.7 Å². The largest absolute Gasteiger partial charge is 0.418 e. The maximum absolute atomic E-state index is 12.9. The lowest BCUT2D eigenvalue weighted by molar-refractivity contribution is -0.136. The van der Waals surface area contributed by atoms with Crippen LogP contribution in [0.1, 0.15) is 51.0 Å². The molecule has 3 N–H and O–H groups in total. The zero-order valence-electron chi connectivity index (χ0n) is 12.3. The Kier molecular flexibility index (Phi) is 5.01. The molecule has 1 aromatic carbocycles. The highest BCUT2D eigenvalue weighted by Crippen LogP contribution is 2.36. The van der Waals surface area contributed by atoms with Gasteiger partial charge in [0.15, 0.2) is 0 Å². The van der Waals surface area contributed by atoms with Gasteiger partial charge in [-0.3, -0.25) is 0 Å². The molecule has 1 atom stereocenters. The van der Waals surface area contributed by atoms with Crippen molar-refractivity contribution >= 4 is 11.4 Å². The topological polar surface area (TPSA) is 38.0 Å². The lowest BCUT2D eigenvalue weighted by Gasteiger charge is -2.31. The summed E-state index contributed by atoms with van der Waals surface area (Å²) in [6.07, 6.45) is 2.54. The molecule has 21 heavy (non-hydrogen) atoms. The van der Waals surface area contributed by atoms with Crippen molar-refractivity contribution in [3.8, 4) is 0 Å². The van der Waals surface area contributed by atoms with Crippen LogP contribution in [0, 0.1) is 5.92 Å². The van der Waals surface area contributed by atoms with E-state index in [-0.39, 0.29) is 11.7 Å². The number of halogens is 3. The van der Waals surface area contributed by atoms with Crippen LogP contribution in [-0.4, -0.2) is 6.04 Å². The van der Waals surface area contributed by atoms with Crippen molar-refractivity contribution in [3.05, 3.63) is 23.8 Å². The van der Waals surface area contributed by atoms with Crippen LogP contribution in [0.3, 0.4) is 0 Å². The highest BCUT2D eigenvalue weighted by Gasteiger charge is 2.33. The number of rotatable bonds is 4. The number of hydrogen-bond donors (Lipinski definition) is 2. The van der Waals surface area contributed by atoms with Crippen molar-refractivity contribution in [2.45, 2.75) is 57.7 Å². The molecule has 0 aromatic heterocycles. The Labute approximate surface area is 123 Å². The SMILES string of the molecule is CCC(Nc1ccc(N)c(C(F)(F)F)c1)C1CCCCC1. The van der Waals surface area contributed by atoms with Crippen molar-refractivity contribution in [2.75, 3.05) is 11.1 Å². The van der Waals surface area contributed by atoms with E-state index in [0.29, 0.717) is 11.6 Å². The van der Waals surface area contributed by atoms with Crippen molar-refractivity contribution in [3.63, 3.8) is 0 Å². The Bertz CT molecular complexity index is 465. The van der Waals surface area contributed by atoms with E-state index in [4.69, 9.17) is 5.73 Å². The van der Waals surface area contributed by atoms with Crippen molar-refractivity contribution < 1.29 is 13.2 Å². The zero-order chi connectivity index (χ0) is 15.5. The Balaban J connectivity index is 2.14. The molecular formula is C16H23F3N2. The molecule has 0 bridgehead atoms. The van der Waals surface area contributed by atoms with Gasteiger partial charge in [0.2, 0.25) is 0 Å². The fourth-order valence-corrected chi connectivity index (χ4v) is 3.20. The second kappa shape index (κ2) is 6.58. The average molecular weight is 300 g/mol. The Hall–Kier alpha value is -1.39. The predicted molar refractivity (Wildman–Crippen MR) is 80.1 cm³/mol. The molecule has 2 rings (SSSR count). The second-order valence-electron chi connectivity index (χ2n) is 5.86. The maximum atomic E-state index is 12.9. The Morgan fingerprint density at radius 3 is 2.48 bits per heavy atom. The first-order valence-corrected chi connectivity index (χ1v) is 7.65. The first kappa shape index (κ1) is 16.0. The highest BCUT2D eigenvalue weighted by molar-refractivity contribution is 5.58. The number of benzene rings is 1. The fraction of sp³-hybridized carbons (Fsp3) is 0.625. The fourth-order valence-electron chi connectivity index (χ4n) is 3.20. The summed E-state index contributed by atoms with van der Waals surface area (Å²) in [5.41, 5.74) is 4.96. The average Bonchev–Trinajstić information content (AvgIpc) is 2.46. The molecule has 2 nitrogen and oxygen atoms in total. The number of anilines is 2. The van der Waals surface area contributed by atoms with Gasteiger partial charge in [0.05, 0.1) is 5.56 Å². The number of nitrogens with one attached hydrogen (secondary N) is 1. The van der Waals surface area contributed by atoms with E-state index in [1.165, 1.54) is 25.3 Å². The third-order valence-electron chi connectivity index (χ3n) is 4.37. The molecule has 0 aliphatic heterocycles. The van der Waals surface area contributed by atoms with Gasteiger partial charge in [0.25, 0.3) is 0 Å². The van der Waals surface area contributed by atoms with E-state index in [1.807, 2.05) is 0 Å². The van der Waals surface area contributed by atoms with E-state index in [0.717, 1.165) is 25.3 Å². The molecule has 0 heterocycles. The van der Waals surface area contributed by atoms with Gasteiger partial charge in [-0.1, -0.05) is 26.2 Å². The molecule has 0 amide bonds. The number of nitrogen functional groups attached to an aromatic ring is 1. The van der Waals surface area contributed by atoms with Crippen LogP contribution < -0.4 is 11.1 Å². The van der Waals surface area contributed by atoms with Crippen molar-refractivity contribution in [2.24, 2.45) is 5.92 Å². The summed E-state index contributed by atoms with van der Waals surface area (Å²) in [4.78, 5) is 0. The van der Waals surface area contributed by atoms with E-state index >= 15 is 0 Å². The minimum absolute atomic E-state index is 0.223. The van der Waals surface area contributed by atoms with E-state index in [2.05, 4.69) is 12.2 Å². The number of alkyl halides is 3. The first-order chi connectivity index (χ1) is 9.91. The smallest absolute Gasteiger partial charge is 0.398 e. The van der Waals surface area contributed by atoms with Gasteiger partial charge in [0.1, 0.15) is 0 Å². The van der Waals surface area contributed by atoms with E-state index in [9.17, 15) is 13.2 Å². The second-order valence-corrected chi connectivity index (χ2v) is 5.86. The summed E-state index contributed by atoms with van der Waals surface area (Å²) in [6.45, 7) is 2.08. The van der Waals surface area contributed by atoms with Crippen molar-refractivity contribution in [1.82, 2.24) is 0 Å². The monoisotopic (exact) mass is 300 g/mol. The predicted octanol–water partition coefficient (Wildman–Crippen LogP) is 5.06. The molecule has 1 unspecified atom stereocenters. The van der Waals surface area contributed by atoms with Gasteiger partial charge in [-0.25, -0.2) is 0 Å². The van der Waals surface area contributed by atoms with Gasteiger partial charge < -0.3 is 11.1 Å². The van der Waals surface area contributed by atoms with Crippen LogP contribution in [0.4, 0.5) is 24.5 Å².